The van der Waals surface area contributed by atoms with Crippen molar-refractivity contribution in [2.24, 2.45) is 0 Å². The molecule has 0 fully saturated rings. The first-order valence-electron chi connectivity index (χ1n) is 4.50. The molecular weight excluding hydrogens is 232 g/mol. The zero-order valence-electron chi connectivity index (χ0n) is 8.13. The average molecular weight is 243 g/mol. The van der Waals surface area contributed by atoms with Gasteiger partial charge in [0.15, 0.2) is 0 Å². The number of hydrogen-bond acceptors (Lipinski definition) is 2. The van der Waals surface area contributed by atoms with Crippen molar-refractivity contribution in [2.45, 2.75) is 18.2 Å². The van der Waals surface area contributed by atoms with Gasteiger partial charge in [0.2, 0.25) is 0 Å². The van der Waals surface area contributed by atoms with E-state index in [1.165, 1.54) is 20.5 Å². The van der Waals surface area contributed by atoms with Crippen LogP contribution in [0.3, 0.4) is 0 Å². The summed E-state index contributed by atoms with van der Waals surface area (Å²) < 4.78 is 1.32. The van der Waals surface area contributed by atoms with Crippen LogP contribution < -0.4 is 0 Å². The first-order chi connectivity index (χ1) is 6.76. The van der Waals surface area contributed by atoms with Gasteiger partial charge in [-0.3, -0.25) is 0 Å². The molecular formula is C11H11ClS2. The fraction of sp³-hybridized carbons (Fsp3) is 0.273. The number of benzene rings is 1. The van der Waals surface area contributed by atoms with Crippen molar-refractivity contribution in [3.8, 4) is 0 Å². The van der Waals surface area contributed by atoms with Crippen LogP contribution in [0.25, 0.3) is 10.1 Å². The molecule has 1 heterocycles. The minimum Gasteiger partial charge on any atom is -0.141 e. The summed E-state index contributed by atoms with van der Waals surface area (Å²) in [6, 6.07) is 4.47. The first kappa shape index (κ1) is 10.3. The Morgan fingerprint density at radius 2 is 2.21 bits per heavy atom. The van der Waals surface area contributed by atoms with Crippen LogP contribution in [0.5, 0.6) is 0 Å². The van der Waals surface area contributed by atoms with Crippen molar-refractivity contribution in [2.75, 3.05) is 6.26 Å². The van der Waals surface area contributed by atoms with Crippen molar-refractivity contribution >= 4 is 44.8 Å². The molecule has 3 heteroatoms. The van der Waals surface area contributed by atoms with E-state index in [1.54, 1.807) is 23.1 Å². The molecule has 0 aliphatic heterocycles. The molecule has 0 saturated carbocycles. The van der Waals surface area contributed by atoms with E-state index in [9.17, 15) is 0 Å². The molecule has 0 unspecified atom stereocenters. The molecule has 0 radical (unpaired) electrons. The minimum absolute atomic E-state index is 0.885. The van der Waals surface area contributed by atoms with Crippen molar-refractivity contribution in [3.05, 3.63) is 28.1 Å². The van der Waals surface area contributed by atoms with Gasteiger partial charge in [-0.2, -0.15) is 0 Å². The van der Waals surface area contributed by atoms with Gasteiger partial charge in [-0.1, -0.05) is 18.5 Å². The molecule has 0 aliphatic rings. The van der Waals surface area contributed by atoms with E-state index in [0.29, 0.717) is 0 Å². The summed E-state index contributed by atoms with van der Waals surface area (Å²) in [5, 5.41) is 4.11. The zero-order chi connectivity index (χ0) is 10.1. The maximum absolute atomic E-state index is 6.13. The van der Waals surface area contributed by atoms with Gasteiger partial charge in [-0.05, 0) is 30.4 Å². The molecule has 1 aromatic carbocycles. The lowest BCUT2D eigenvalue weighted by atomic mass is 10.1. The molecule has 74 valence electrons. The van der Waals surface area contributed by atoms with E-state index in [1.807, 2.05) is 5.38 Å². The van der Waals surface area contributed by atoms with Gasteiger partial charge in [0.05, 0.1) is 5.02 Å². The maximum Gasteiger partial charge on any atom is 0.0592 e. The predicted octanol–water partition coefficient (Wildman–Crippen LogP) is 4.84. The average Bonchev–Trinajstić information content (AvgIpc) is 2.59. The Morgan fingerprint density at radius 1 is 1.43 bits per heavy atom. The van der Waals surface area contributed by atoms with Gasteiger partial charge < -0.3 is 0 Å². The second kappa shape index (κ2) is 4.13. The lowest BCUT2D eigenvalue weighted by Crippen LogP contribution is -1.81. The third-order valence-electron chi connectivity index (χ3n) is 2.28. The number of fused-ring (bicyclic) bond motifs is 1. The third-order valence-corrected chi connectivity index (χ3v) is 4.64. The minimum atomic E-state index is 0.885. The van der Waals surface area contributed by atoms with E-state index in [-0.39, 0.29) is 0 Å². The summed E-state index contributed by atoms with van der Waals surface area (Å²) in [6.07, 6.45) is 3.18. The molecule has 1 aromatic heterocycles. The number of aryl methyl sites for hydroxylation is 1. The summed E-state index contributed by atoms with van der Waals surface area (Å²) in [4.78, 5) is 1.34. The highest BCUT2D eigenvalue weighted by molar-refractivity contribution is 7.99. The van der Waals surface area contributed by atoms with Gasteiger partial charge in [0.1, 0.15) is 0 Å². The summed E-state index contributed by atoms with van der Waals surface area (Å²) in [7, 11) is 0. The summed E-state index contributed by atoms with van der Waals surface area (Å²) in [5.74, 6) is 0. The Kier molecular flexibility index (Phi) is 3.05. The van der Waals surface area contributed by atoms with Gasteiger partial charge in [-0.25, -0.2) is 0 Å². The quantitative estimate of drug-likeness (QED) is 0.679. The van der Waals surface area contributed by atoms with Crippen molar-refractivity contribution in [1.29, 1.82) is 0 Å². The fourth-order valence-corrected chi connectivity index (χ4v) is 3.60. The number of thiophene rings is 1. The highest BCUT2D eigenvalue weighted by Gasteiger charge is 2.07. The van der Waals surface area contributed by atoms with Crippen molar-refractivity contribution in [3.63, 3.8) is 0 Å². The van der Waals surface area contributed by atoms with Crippen LogP contribution in [0.1, 0.15) is 12.5 Å². The SMILES string of the molecule is CCc1cc(SC)c2scc(Cl)c2c1. The smallest absolute Gasteiger partial charge is 0.0592 e. The summed E-state index contributed by atoms with van der Waals surface area (Å²) in [5.41, 5.74) is 1.36. The first-order valence-corrected chi connectivity index (χ1v) is 6.98. The van der Waals surface area contributed by atoms with Gasteiger partial charge >= 0.3 is 0 Å². The number of rotatable bonds is 2. The van der Waals surface area contributed by atoms with Crippen LogP contribution in [0.2, 0.25) is 5.02 Å². The largest absolute Gasteiger partial charge is 0.141 e. The van der Waals surface area contributed by atoms with Crippen LogP contribution in [0.4, 0.5) is 0 Å². The second-order valence-electron chi connectivity index (χ2n) is 3.11. The van der Waals surface area contributed by atoms with Crippen LogP contribution in [0, 0.1) is 0 Å². The molecule has 0 N–H and O–H groups in total. The lowest BCUT2D eigenvalue weighted by Gasteiger charge is -2.03. The fourth-order valence-electron chi connectivity index (χ4n) is 1.49. The van der Waals surface area contributed by atoms with E-state index in [0.717, 1.165) is 11.4 Å². The van der Waals surface area contributed by atoms with Gasteiger partial charge in [0, 0.05) is 20.4 Å². The van der Waals surface area contributed by atoms with Crippen LogP contribution in [0.15, 0.2) is 22.4 Å². The second-order valence-corrected chi connectivity index (χ2v) is 5.25. The van der Waals surface area contributed by atoms with E-state index < -0.39 is 0 Å². The monoisotopic (exact) mass is 242 g/mol. The van der Waals surface area contributed by atoms with Crippen LogP contribution >= 0.6 is 34.7 Å². The molecule has 0 aliphatic carbocycles. The number of hydrogen-bond donors (Lipinski definition) is 0. The van der Waals surface area contributed by atoms with E-state index in [2.05, 4.69) is 25.3 Å². The van der Waals surface area contributed by atoms with Gasteiger partial charge in [-0.15, -0.1) is 23.1 Å². The standard InChI is InChI=1S/C11H11ClS2/c1-3-7-4-8-9(12)6-14-11(8)10(5-7)13-2/h4-6H,3H2,1-2H3. The molecule has 2 aromatic rings. The summed E-state index contributed by atoms with van der Waals surface area (Å²) >= 11 is 9.66. The zero-order valence-corrected chi connectivity index (χ0v) is 10.5. The molecule has 0 nitrogen and oxygen atoms in total. The Labute approximate surface area is 97.3 Å². The highest BCUT2D eigenvalue weighted by atomic mass is 35.5. The highest BCUT2D eigenvalue weighted by Crippen LogP contribution is 2.37. The topological polar surface area (TPSA) is 0 Å². The van der Waals surface area contributed by atoms with Crippen molar-refractivity contribution in [1.82, 2.24) is 0 Å². The van der Waals surface area contributed by atoms with E-state index >= 15 is 0 Å². The Morgan fingerprint density at radius 3 is 2.86 bits per heavy atom. The molecule has 0 bridgehead atoms. The molecule has 0 spiro atoms. The normalized spacial score (nSPS) is 11.1. The number of halogens is 1. The molecule has 14 heavy (non-hydrogen) atoms. The molecule has 0 saturated heterocycles. The van der Waals surface area contributed by atoms with Crippen LogP contribution in [-0.4, -0.2) is 6.26 Å². The summed E-state index contributed by atoms with van der Waals surface area (Å²) in [6.45, 7) is 2.17. The van der Waals surface area contributed by atoms with Crippen molar-refractivity contribution < 1.29 is 0 Å². The Balaban J connectivity index is 2.76. The molecule has 2 rings (SSSR count). The lowest BCUT2D eigenvalue weighted by molar-refractivity contribution is 1.14. The van der Waals surface area contributed by atoms with Gasteiger partial charge in [0.25, 0.3) is 0 Å². The third kappa shape index (κ3) is 1.67. The Bertz CT molecular complexity index is 460. The molecule has 0 amide bonds. The van der Waals surface area contributed by atoms with Crippen LogP contribution in [-0.2, 0) is 6.42 Å². The predicted molar refractivity (Wildman–Crippen MR) is 68.0 cm³/mol. The number of thioether (sulfide) groups is 1. The maximum atomic E-state index is 6.13. The van der Waals surface area contributed by atoms with E-state index in [4.69, 9.17) is 11.6 Å². The Hall–Kier alpha value is -0.180. The molecule has 0 atom stereocenters.